The van der Waals surface area contributed by atoms with E-state index in [2.05, 4.69) is 5.32 Å². The van der Waals surface area contributed by atoms with Gasteiger partial charge in [0.05, 0.1) is 0 Å². The average molecular weight is 361 g/mol. The lowest BCUT2D eigenvalue weighted by Crippen LogP contribution is -2.42. The predicted molar refractivity (Wildman–Crippen MR) is 96.9 cm³/mol. The van der Waals surface area contributed by atoms with Gasteiger partial charge < -0.3 is 10.1 Å². The highest BCUT2D eigenvalue weighted by molar-refractivity contribution is 7.98. The monoisotopic (exact) mass is 361 g/mol. The molecule has 0 aromatic heterocycles. The number of benzene rings is 2. The summed E-state index contributed by atoms with van der Waals surface area (Å²) in [5.74, 6) is -0.644. The zero-order valence-electron chi connectivity index (χ0n) is 13.9. The zero-order valence-corrected chi connectivity index (χ0v) is 14.7. The number of carbonyl (C=O) groups excluding carboxylic acids is 2. The normalized spacial score (nSPS) is 11.6. The van der Waals surface area contributed by atoms with Crippen LogP contribution in [-0.2, 0) is 16.1 Å². The van der Waals surface area contributed by atoms with Crippen molar-refractivity contribution >= 4 is 23.6 Å². The third kappa shape index (κ3) is 5.90. The number of thioether (sulfide) groups is 1. The molecule has 1 atom stereocenters. The van der Waals surface area contributed by atoms with E-state index in [4.69, 9.17) is 4.74 Å². The molecule has 0 fully saturated rings. The lowest BCUT2D eigenvalue weighted by Gasteiger charge is -2.17. The van der Waals surface area contributed by atoms with Gasteiger partial charge in [0.1, 0.15) is 18.5 Å². The number of hydrogen-bond donors (Lipinski definition) is 1. The highest BCUT2D eigenvalue weighted by Crippen LogP contribution is 2.10. The van der Waals surface area contributed by atoms with Gasteiger partial charge >= 0.3 is 5.97 Å². The number of esters is 1. The molecule has 0 radical (unpaired) electrons. The Morgan fingerprint density at radius 3 is 2.48 bits per heavy atom. The summed E-state index contributed by atoms with van der Waals surface area (Å²) >= 11 is 1.57. The number of hydrogen-bond acceptors (Lipinski definition) is 4. The summed E-state index contributed by atoms with van der Waals surface area (Å²) in [4.78, 5) is 24.6. The van der Waals surface area contributed by atoms with Crippen LogP contribution in [0.2, 0.25) is 0 Å². The van der Waals surface area contributed by atoms with Crippen molar-refractivity contribution < 1.29 is 18.7 Å². The Balaban J connectivity index is 1.99. The minimum atomic E-state index is -0.771. The van der Waals surface area contributed by atoms with Crippen LogP contribution in [0.1, 0.15) is 22.3 Å². The quantitative estimate of drug-likeness (QED) is 0.732. The molecule has 4 nitrogen and oxygen atoms in total. The molecule has 2 rings (SSSR count). The zero-order chi connectivity index (χ0) is 18.1. The summed E-state index contributed by atoms with van der Waals surface area (Å²) in [5.41, 5.74) is 0.771. The molecule has 2 aromatic carbocycles. The van der Waals surface area contributed by atoms with Crippen molar-refractivity contribution in [3.8, 4) is 0 Å². The molecule has 0 bridgehead atoms. The molecule has 1 N–H and O–H groups in total. The number of ether oxygens (including phenoxy) is 1. The number of nitrogens with one attached hydrogen (secondary N) is 1. The summed E-state index contributed by atoms with van der Waals surface area (Å²) < 4.78 is 18.8. The van der Waals surface area contributed by atoms with Crippen molar-refractivity contribution in [2.75, 3.05) is 12.0 Å². The first-order valence-electron chi connectivity index (χ1n) is 7.86. The molecule has 0 saturated carbocycles. The van der Waals surface area contributed by atoms with Crippen LogP contribution in [0, 0.1) is 5.82 Å². The van der Waals surface area contributed by atoms with Crippen molar-refractivity contribution in [3.05, 3.63) is 71.5 Å². The largest absolute Gasteiger partial charge is 0.459 e. The first-order valence-corrected chi connectivity index (χ1v) is 9.26. The Hall–Kier alpha value is -2.34. The third-order valence-corrected chi connectivity index (χ3v) is 4.21. The summed E-state index contributed by atoms with van der Waals surface area (Å²) in [6.07, 6.45) is 2.36. The van der Waals surface area contributed by atoms with Crippen molar-refractivity contribution in [3.63, 3.8) is 0 Å². The van der Waals surface area contributed by atoms with E-state index in [0.717, 1.165) is 0 Å². The topological polar surface area (TPSA) is 55.4 Å². The van der Waals surface area contributed by atoms with Gasteiger partial charge in [-0.1, -0.05) is 36.4 Å². The van der Waals surface area contributed by atoms with Crippen LogP contribution in [0.25, 0.3) is 0 Å². The Kier molecular flexibility index (Phi) is 7.47. The van der Waals surface area contributed by atoms with Crippen LogP contribution in [-0.4, -0.2) is 29.9 Å². The van der Waals surface area contributed by atoms with Crippen LogP contribution < -0.4 is 5.32 Å². The molecule has 0 aliphatic carbocycles. The van der Waals surface area contributed by atoms with Crippen molar-refractivity contribution in [1.29, 1.82) is 0 Å². The van der Waals surface area contributed by atoms with Gasteiger partial charge in [0, 0.05) is 11.1 Å². The Bertz CT molecular complexity index is 709. The molecule has 0 heterocycles. The maximum atomic E-state index is 13.6. The highest BCUT2D eigenvalue weighted by atomic mass is 32.2. The van der Waals surface area contributed by atoms with Crippen LogP contribution in [0.3, 0.4) is 0 Å². The van der Waals surface area contributed by atoms with E-state index in [-0.39, 0.29) is 12.5 Å². The van der Waals surface area contributed by atoms with E-state index in [1.807, 2.05) is 12.3 Å². The summed E-state index contributed by atoms with van der Waals surface area (Å²) in [7, 11) is 0. The Morgan fingerprint density at radius 1 is 1.12 bits per heavy atom. The molecule has 0 aliphatic heterocycles. The second kappa shape index (κ2) is 9.84. The first kappa shape index (κ1) is 19.0. The van der Waals surface area contributed by atoms with Crippen LogP contribution in [0.5, 0.6) is 0 Å². The minimum Gasteiger partial charge on any atom is -0.459 e. The molecular formula is C19H20FNO3S. The molecule has 1 amide bonds. The van der Waals surface area contributed by atoms with Gasteiger partial charge in [-0.3, -0.25) is 4.79 Å². The van der Waals surface area contributed by atoms with Gasteiger partial charge in [0.2, 0.25) is 0 Å². The van der Waals surface area contributed by atoms with Gasteiger partial charge in [-0.05, 0) is 36.6 Å². The maximum Gasteiger partial charge on any atom is 0.329 e. The molecule has 0 aliphatic rings. The van der Waals surface area contributed by atoms with E-state index >= 15 is 0 Å². The van der Waals surface area contributed by atoms with Gasteiger partial charge in [0.15, 0.2) is 0 Å². The van der Waals surface area contributed by atoms with Crippen molar-refractivity contribution in [1.82, 2.24) is 5.32 Å². The van der Waals surface area contributed by atoms with E-state index in [9.17, 15) is 14.0 Å². The summed E-state index contributed by atoms with van der Waals surface area (Å²) in [6.45, 7) is -0.164. The smallest absolute Gasteiger partial charge is 0.329 e. The van der Waals surface area contributed by atoms with E-state index in [1.54, 1.807) is 54.2 Å². The predicted octanol–water partition coefficient (Wildman–Crippen LogP) is 3.42. The van der Waals surface area contributed by atoms with Gasteiger partial charge in [-0.25, -0.2) is 9.18 Å². The number of carbonyl (C=O) groups is 2. The lowest BCUT2D eigenvalue weighted by atomic mass is 10.1. The second-order valence-electron chi connectivity index (χ2n) is 5.37. The lowest BCUT2D eigenvalue weighted by molar-refractivity contribution is -0.147. The molecule has 132 valence electrons. The average Bonchev–Trinajstić information content (AvgIpc) is 2.64. The molecule has 2 aromatic rings. The molecule has 0 spiro atoms. The maximum absolute atomic E-state index is 13.6. The second-order valence-corrected chi connectivity index (χ2v) is 6.36. The van der Waals surface area contributed by atoms with Crippen LogP contribution in [0.4, 0.5) is 4.39 Å². The summed E-state index contributed by atoms with van der Waals surface area (Å²) in [5, 5.41) is 2.70. The van der Waals surface area contributed by atoms with Gasteiger partial charge in [-0.15, -0.1) is 0 Å². The van der Waals surface area contributed by atoms with Crippen molar-refractivity contribution in [2.24, 2.45) is 0 Å². The van der Waals surface area contributed by atoms with E-state index in [0.29, 0.717) is 23.3 Å². The molecular weight excluding hydrogens is 341 g/mol. The molecule has 1 unspecified atom stereocenters. The summed E-state index contributed by atoms with van der Waals surface area (Å²) in [6, 6.07) is 14.0. The Labute approximate surface area is 150 Å². The highest BCUT2D eigenvalue weighted by Gasteiger charge is 2.23. The minimum absolute atomic E-state index is 0.164. The molecule has 25 heavy (non-hydrogen) atoms. The Morgan fingerprint density at radius 2 is 1.80 bits per heavy atom. The van der Waals surface area contributed by atoms with Crippen molar-refractivity contribution in [2.45, 2.75) is 19.1 Å². The fourth-order valence-electron chi connectivity index (χ4n) is 2.18. The first-order chi connectivity index (χ1) is 12.1. The molecule has 0 saturated heterocycles. The van der Waals surface area contributed by atoms with Gasteiger partial charge in [0.25, 0.3) is 5.91 Å². The number of rotatable bonds is 8. The SMILES string of the molecule is CSCCC(NC(=O)c1ccccc1)C(=O)OCc1ccccc1F. The molecule has 6 heteroatoms. The van der Waals surface area contributed by atoms with Crippen LogP contribution >= 0.6 is 11.8 Å². The fourth-order valence-corrected chi connectivity index (χ4v) is 2.65. The standard InChI is InChI=1S/C19H20FNO3S/c1-25-12-11-17(21-18(22)14-7-3-2-4-8-14)19(23)24-13-15-9-5-6-10-16(15)20/h2-10,17H,11-13H2,1H3,(H,21,22). The van der Waals surface area contributed by atoms with Crippen LogP contribution in [0.15, 0.2) is 54.6 Å². The fraction of sp³-hybridized carbons (Fsp3) is 0.263. The van der Waals surface area contributed by atoms with Gasteiger partial charge in [-0.2, -0.15) is 11.8 Å². The number of amides is 1. The van der Waals surface area contributed by atoms with E-state index in [1.165, 1.54) is 6.07 Å². The van der Waals surface area contributed by atoms with E-state index < -0.39 is 17.8 Å². The third-order valence-electron chi connectivity index (χ3n) is 3.56. The number of halogens is 1.